The van der Waals surface area contributed by atoms with Crippen LogP contribution in [0.1, 0.15) is 49.7 Å². The summed E-state index contributed by atoms with van der Waals surface area (Å²) in [6, 6.07) is 7.17. The maximum atomic E-state index is 4.35. The highest BCUT2D eigenvalue weighted by Gasteiger charge is 2.57. The quantitative estimate of drug-likeness (QED) is 0.913. The van der Waals surface area contributed by atoms with E-state index < -0.39 is 0 Å². The summed E-state index contributed by atoms with van der Waals surface area (Å²) >= 11 is 0. The number of nitrogens with one attached hydrogen (secondary N) is 1. The topological polar surface area (TPSA) is 29.9 Å². The number of aryl methyl sites for hydroxylation is 2. The number of aromatic nitrogens is 2. The molecule has 25 heavy (non-hydrogen) atoms. The lowest BCUT2D eigenvalue weighted by molar-refractivity contribution is 0.335. The highest BCUT2D eigenvalue weighted by molar-refractivity contribution is 5.65. The van der Waals surface area contributed by atoms with Crippen molar-refractivity contribution in [3.05, 3.63) is 41.7 Å². The predicted octanol–water partition coefficient (Wildman–Crippen LogP) is 4.07. The smallest absolute Gasteiger partial charge is 0.0568 e. The Bertz CT molecular complexity index is 771. The van der Waals surface area contributed by atoms with Crippen molar-refractivity contribution in [2.24, 2.45) is 18.9 Å². The molecule has 5 rings (SSSR count). The van der Waals surface area contributed by atoms with E-state index in [1.807, 2.05) is 17.9 Å². The molecule has 2 unspecified atom stereocenters. The summed E-state index contributed by atoms with van der Waals surface area (Å²) in [5, 5.41) is 7.84. The Balaban J connectivity index is 1.33. The fourth-order valence-electron chi connectivity index (χ4n) is 5.50. The standard InChI is InChI=1S/C22H29N3/c1-25-15-19(14-24-25)18-4-3-17-6-9-22(21(17)12-18)13-20(22)5-2-16-7-10-23-11-8-16/h3-4,12,14-16,20,23H,2,5-11,13H2,1H3. The average Bonchev–Trinajstić information content (AvgIpc) is 2.97. The van der Waals surface area contributed by atoms with E-state index in [4.69, 9.17) is 0 Å². The first-order chi connectivity index (χ1) is 12.2. The fourth-order valence-corrected chi connectivity index (χ4v) is 5.50. The summed E-state index contributed by atoms with van der Waals surface area (Å²) in [5.74, 6) is 1.91. The van der Waals surface area contributed by atoms with Crippen LogP contribution in [-0.2, 0) is 18.9 Å². The minimum absolute atomic E-state index is 0.528. The van der Waals surface area contributed by atoms with Gasteiger partial charge in [-0.15, -0.1) is 0 Å². The number of fused-ring (bicyclic) bond motifs is 2. The summed E-state index contributed by atoms with van der Waals surface area (Å²) < 4.78 is 1.90. The van der Waals surface area contributed by atoms with Gasteiger partial charge in [-0.1, -0.05) is 24.6 Å². The van der Waals surface area contributed by atoms with Crippen LogP contribution in [0.15, 0.2) is 30.6 Å². The Morgan fingerprint density at radius 3 is 2.88 bits per heavy atom. The molecule has 2 fully saturated rings. The zero-order valence-electron chi connectivity index (χ0n) is 15.3. The van der Waals surface area contributed by atoms with Gasteiger partial charge in [0, 0.05) is 18.8 Å². The highest BCUT2D eigenvalue weighted by atomic mass is 15.2. The van der Waals surface area contributed by atoms with Crippen LogP contribution in [0.25, 0.3) is 11.1 Å². The summed E-state index contributed by atoms with van der Waals surface area (Å²) in [5.41, 5.74) is 6.40. The van der Waals surface area contributed by atoms with Gasteiger partial charge in [-0.25, -0.2) is 0 Å². The van der Waals surface area contributed by atoms with Crippen LogP contribution in [0.5, 0.6) is 0 Å². The minimum Gasteiger partial charge on any atom is -0.317 e. The van der Waals surface area contributed by atoms with Crippen LogP contribution in [0.3, 0.4) is 0 Å². The van der Waals surface area contributed by atoms with E-state index >= 15 is 0 Å². The number of piperidine rings is 1. The fraction of sp³-hybridized carbons (Fsp3) is 0.591. The zero-order valence-corrected chi connectivity index (χ0v) is 15.3. The summed E-state index contributed by atoms with van der Waals surface area (Å²) in [4.78, 5) is 0. The van der Waals surface area contributed by atoms with E-state index in [9.17, 15) is 0 Å². The van der Waals surface area contributed by atoms with Gasteiger partial charge in [0.05, 0.1) is 6.20 Å². The van der Waals surface area contributed by atoms with Crippen molar-refractivity contribution in [3.8, 4) is 11.1 Å². The molecule has 1 spiro atoms. The monoisotopic (exact) mass is 335 g/mol. The molecule has 3 nitrogen and oxygen atoms in total. The van der Waals surface area contributed by atoms with Crippen molar-refractivity contribution in [1.82, 2.24) is 15.1 Å². The molecule has 2 heterocycles. The number of rotatable bonds is 4. The van der Waals surface area contributed by atoms with Crippen molar-refractivity contribution in [2.45, 2.75) is 50.4 Å². The van der Waals surface area contributed by atoms with E-state index in [2.05, 4.69) is 34.8 Å². The van der Waals surface area contributed by atoms with Crippen LogP contribution in [0, 0.1) is 11.8 Å². The zero-order chi connectivity index (χ0) is 16.9. The van der Waals surface area contributed by atoms with E-state index in [0.717, 1.165) is 11.8 Å². The molecular weight excluding hydrogens is 306 g/mol. The normalized spacial score (nSPS) is 28.4. The molecule has 3 aliphatic rings. The Hall–Kier alpha value is -1.61. The van der Waals surface area contributed by atoms with Crippen LogP contribution in [0.4, 0.5) is 0 Å². The van der Waals surface area contributed by atoms with E-state index in [0.29, 0.717) is 5.41 Å². The van der Waals surface area contributed by atoms with Gasteiger partial charge in [0.1, 0.15) is 0 Å². The van der Waals surface area contributed by atoms with Crippen molar-refractivity contribution in [1.29, 1.82) is 0 Å². The molecule has 1 N–H and O–H groups in total. The van der Waals surface area contributed by atoms with Gasteiger partial charge < -0.3 is 5.32 Å². The third kappa shape index (κ3) is 2.73. The predicted molar refractivity (Wildman–Crippen MR) is 102 cm³/mol. The minimum atomic E-state index is 0.528. The van der Waals surface area contributed by atoms with Crippen LogP contribution < -0.4 is 5.32 Å². The average molecular weight is 335 g/mol. The molecule has 1 aromatic heterocycles. The largest absolute Gasteiger partial charge is 0.317 e. The van der Waals surface area contributed by atoms with Crippen molar-refractivity contribution >= 4 is 0 Å². The Labute approximate surface area is 150 Å². The van der Waals surface area contributed by atoms with Crippen LogP contribution in [0.2, 0.25) is 0 Å². The summed E-state index contributed by atoms with van der Waals surface area (Å²) in [6.45, 7) is 2.47. The molecule has 1 saturated heterocycles. The van der Waals surface area contributed by atoms with Crippen molar-refractivity contribution in [2.75, 3.05) is 13.1 Å². The molecule has 0 amide bonds. The molecule has 3 heteroatoms. The number of hydrogen-bond acceptors (Lipinski definition) is 2. The summed E-state index contributed by atoms with van der Waals surface area (Å²) in [7, 11) is 2.00. The number of hydrogen-bond donors (Lipinski definition) is 1. The maximum absolute atomic E-state index is 4.35. The third-order valence-corrected chi connectivity index (χ3v) is 7.14. The molecule has 2 atom stereocenters. The van der Waals surface area contributed by atoms with Crippen LogP contribution in [-0.4, -0.2) is 22.9 Å². The first kappa shape index (κ1) is 15.6. The molecule has 2 aliphatic carbocycles. The van der Waals surface area contributed by atoms with E-state index in [1.54, 1.807) is 11.1 Å². The molecule has 0 bridgehead atoms. The third-order valence-electron chi connectivity index (χ3n) is 7.14. The first-order valence-corrected chi connectivity index (χ1v) is 10.1. The van der Waals surface area contributed by atoms with Crippen molar-refractivity contribution in [3.63, 3.8) is 0 Å². The number of benzene rings is 1. The highest BCUT2D eigenvalue weighted by Crippen LogP contribution is 2.63. The van der Waals surface area contributed by atoms with Gasteiger partial charge in [-0.05, 0) is 85.6 Å². The molecule has 1 saturated carbocycles. The van der Waals surface area contributed by atoms with Crippen LogP contribution >= 0.6 is 0 Å². The maximum Gasteiger partial charge on any atom is 0.0568 e. The van der Waals surface area contributed by atoms with E-state index in [-0.39, 0.29) is 0 Å². The lowest BCUT2D eigenvalue weighted by atomic mass is 9.88. The lowest BCUT2D eigenvalue weighted by Crippen LogP contribution is -2.27. The SMILES string of the molecule is Cn1cc(-c2ccc3c(c2)C2(CC3)CC2CCC2CCNCC2)cn1. The second-order valence-electron chi connectivity index (χ2n) is 8.60. The first-order valence-electron chi connectivity index (χ1n) is 10.1. The second-order valence-corrected chi connectivity index (χ2v) is 8.60. The lowest BCUT2D eigenvalue weighted by Gasteiger charge is -2.23. The molecule has 1 aromatic carbocycles. The van der Waals surface area contributed by atoms with Gasteiger partial charge in [0.25, 0.3) is 0 Å². The number of nitrogens with zero attached hydrogens (tertiary/aromatic N) is 2. The summed E-state index contributed by atoms with van der Waals surface area (Å²) in [6.07, 6.45) is 13.9. The van der Waals surface area contributed by atoms with Gasteiger partial charge in [0.15, 0.2) is 0 Å². The van der Waals surface area contributed by atoms with Gasteiger partial charge in [-0.3, -0.25) is 4.68 Å². The van der Waals surface area contributed by atoms with Gasteiger partial charge >= 0.3 is 0 Å². The molecule has 0 radical (unpaired) electrons. The Morgan fingerprint density at radius 1 is 1.20 bits per heavy atom. The van der Waals surface area contributed by atoms with Gasteiger partial charge in [0.2, 0.25) is 0 Å². The second kappa shape index (κ2) is 5.98. The Kier molecular flexibility index (Phi) is 3.74. The van der Waals surface area contributed by atoms with Crippen molar-refractivity contribution < 1.29 is 0 Å². The Morgan fingerprint density at radius 2 is 2.08 bits per heavy atom. The van der Waals surface area contributed by atoms with Gasteiger partial charge in [-0.2, -0.15) is 5.10 Å². The molecule has 1 aliphatic heterocycles. The molecule has 132 valence electrons. The molecular formula is C22H29N3. The molecule has 2 aromatic rings. The van der Waals surface area contributed by atoms with E-state index in [1.165, 1.54) is 69.2 Å².